The largest absolute Gasteiger partial charge is 0.493 e. The Hall–Kier alpha value is -1.75. The van der Waals surface area contributed by atoms with Crippen LogP contribution in [0.2, 0.25) is 0 Å². The van der Waals surface area contributed by atoms with Gasteiger partial charge in [-0.15, -0.1) is 0 Å². The van der Waals surface area contributed by atoms with Crippen LogP contribution in [-0.4, -0.2) is 32.3 Å². The molecular weight excluding hydrogens is 230 g/mol. The van der Waals surface area contributed by atoms with Crippen LogP contribution in [0, 0.1) is 0 Å². The molecule has 0 saturated heterocycles. The van der Waals surface area contributed by atoms with Gasteiger partial charge in [0.25, 0.3) is 0 Å². The van der Waals surface area contributed by atoms with Gasteiger partial charge in [0.15, 0.2) is 0 Å². The average Bonchev–Trinajstić information content (AvgIpc) is 2.38. The molecule has 18 heavy (non-hydrogen) atoms. The molecule has 1 aliphatic rings. The first-order valence-corrected chi connectivity index (χ1v) is 6.23. The Morgan fingerprint density at radius 3 is 3.06 bits per heavy atom. The van der Waals surface area contributed by atoms with Crippen LogP contribution in [0.1, 0.15) is 17.9 Å². The van der Waals surface area contributed by atoms with Crippen molar-refractivity contribution in [2.24, 2.45) is 5.73 Å². The molecule has 0 spiro atoms. The van der Waals surface area contributed by atoms with Crippen molar-refractivity contribution in [3.05, 3.63) is 29.8 Å². The minimum absolute atomic E-state index is 0.475. The molecule has 2 rings (SSSR count). The van der Waals surface area contributed by atoms with Crippen LogP contribution in [-0.2, 0) is 0 Å². The summed E-state index contributed by atoms with van der Waals surface area (Å²) in [5.41, 5.74) is 6.25. The number of amides is 2. The summed E-state index contributed by atoms with van der Waals surface area (Å²) in [4.78, 5) is 10.5. The number of carbonyl (C=O) groups is 1. The third-order valence-electron chi connectivity index (χ3n) is 3.07. The van der Waals surface area contributed by atoms with Gasteiger partial charge in [0.05, 0.1) is 6.61 Å². The number of nitrogens with one attached hydrogen (secondary N) is 2. The van der Waals surface area contributed by atoms with Gasteiger partial charge >= 0.3 is 6.03 Å². The highest BCUT2D eigenvalue weighted by atomic mass is 16.5. The van der Waals surface area contributed by atoms with Crippen LogP contribution in [0.3, 0.4) is 0 Å². The van der Waals surface area contributed by atoms with Crippen LogP contribution in [0.15, 0.2) is 24.3 Å². The van der Waals surface area contributed by atoms with Crippen molar-refractivity contribution in [2.45, 2.75) is 12.3 Å². The highest BCUT2D eigenvalue weighted by Crippen LogP contribution is 2.32. The van der Waals surface area contributed by atoms with Gasteiger partial charge in [-0.1, -0.05) is 18.2 Å². The third kappa shape index (κ3) is 3.37. The fourth-order valence-electron chi connectivity index (χ4n) is 2.18. The highest BCUT2D eigenvalue weighted by molar-refractivity contribution is 5.71. The Kier molecular flexibility index (Phi) is 4.41. The number of ether oxygens (including phenoxy) is 1. The minimum atomic E-state index is -0.479. The number of carbonyl (C=O) groups excluding carboxylic acids is 1. The Balaban J connectivity index is 1.79. The number of primary amides is 1. The van der Waals surface area contributed by atoms with Gasteiger partial charge in [-0.3, -0.25) is 0 Å². The summed E-state index contributed by atoms with van der Waals surface area (Å²) in [6.45, 7) is 2.94. The third-order valence-corrected chi connectivity index (χ3v) is 3.07. The monoisotopic (exact) mass is 249 g/mol. The quantitative estimate of drug-likeness (QED) is 0.676. The van der Waals surface area contributed by atoms with E-state index in [1.165, 1.54) is 5.56 Å². The van der Waals surface area contributed by atoms with E-state index in [9.17, 15) is 4.79 Å². The van der Waals surface area contributed by atoms with Gasteiger partial charge in [-0.05, 0) is 18.1 Å². The molecule has 0 fully saturated rings. The Morgan fingerprint density at radius 2 is 2.22 bits per heavy atom. The predicted octanol–water partition coefficient (Wildman–Crippen LogP) is 0.811. The maximum absolute atomic E-state index is 10.5. The molecule has 0 radical (unpaired) electrons. The number of hydrogen-bond donors (Lipinski definition) is 3. The molecule has 1 unspecified atom stereocenters. The van der Waals surface area contributed by atoms with Gasteiger partial charge < -0.3 is 21.1 Å². The summed E-state index contributed by atoms with van der Waals surface area (Å²) in [6.07, 6.45) is 1.02. The molecule has 0 aromatic heterocycles. The summed E-state index contributed by atoms with van der Waals surface area (Å²) < 4.78 is 5.61. The number of para-hydroxylation sites is 1. The first kappa shape index (κ1) is 12.7. The van der Waals surface area contributed by atoms with Crippen molar-refractivity contribution in [1.29, 1.82) is 0 Å². The second-order valence-corrected chi connectivity index (χ2v) is 4.37. The summed E-state index contributed by atoms with van der Waals surface area (Å²) in [7, 11) is 0. The van der Waals surface area contributed by atoms with E-state index in [0.29, 0.717) is 12.5 Å². The van der Waals surface area contributed by atoms with E-state index in [1.54, 1.807) is 0 Å². The molecule has 5 heteroatoms. The van der Waals surface area contributed by atoms with Crippen LogP contribution < -0.4 is 21.1 Å². The van der Waals surface area contributed by atoms with Crippen molar-refractivity contribution in [2.75, 3.05) is 26.2 Å². The second-order valence-electron chi connectivity index (χ2n) is 4.37. The molecule has 1 aromatic carbocycles. The number of urea groups is 1. The lowest BCUT2D eigenvalue weighted by Crippen LogP contribution is -2.36. The Morgan fingerprint density at radius 1 is 1.39 bits per heavy atom. The van der Waals surface area contributed by atoms with Crippen molar-refractivity contribution in [3.8, 4) is 5.75 Å². The standard InChI is InChI=1S/C13H19N3O2/c14-13(17)16-7-6-15-9-10-5-8-18-12-4-2-1-3-11(10)12/h1-4,10,15H,5-9H2,(H3,14,16,17). The van der Waals surface area contributed by atoms with Gasteiger partial charge in [0.2, 0.25) is 0 Å². The Labute approximate surface area is 107 Å². The summed E-state index contributed by atoms with van der Waals surface area (Å²) in [5.74, 6) is 1.47. The molecule has 2 amide bonds. The van der Waals surface area contributed by atoms with Crippen molar-refractivity contribution in [1.82, 2.24) is 10.6 Å². The van der Waals surface area contributed by atoms with E-state index in [-0.39, 0.29) is 0 Å². The fourth-order valence-corrected chi connectivity index (χ4v) is 2.18. The lowest BCUT2D eigenvalue weighted by atomic mass is 9.93. The molecule has 0 bridgehead atoms. The Bertz CT molecular complexity index is 409. The van der Waals surface area contributed by atoms with E-state index in [2.05, 4.69) is 16.7 Å². The maximum Gasteiger partial charge on any atom is 0.312 e. The van der Waals surface area contributed by atoms with Gasteiger partial charge in [-0.2, -0.15) is 0 Å². The van der Waals surface area contributed by atoms with Crippen LogP contribution in [0.4, 0.5) is 4.79 Å². The van der Waals surface area contributed by atoms with Crippen molar-refractivity contribution < 1.29 is 9.53 Å². The SMILES string of the molecule is NC(=O)NCCNCC1CCOc2ccccc21. The summed E-state index contributed by atoms with van der Waals surface area (Å²) >= 11 is 0. The van der Waals surface area contributed by atoms with Crippen LogP contribution >= 0.6 is 0 Å². The number of hydrogen-bond acceptors (Lipinski definition) is 3. The topological polar surface area (TPSA) is 76.4 Å². The average molecular weight is 249 g/mol. The minimum Gasteiger partial charge on any atom is -0.493 e. The summed E-state index contributed by atoms with van der Waals surface area (Å²) in [6, 6.07) is 7.67. The number of benzene rings is 1. The van der Waals surface area contributed by atoms with E-state index < -0.39 is 6.03 Å². The normalized spacial score (nSPS) is 17.7. The zero-order valence-corrected chi connectivity index (χ0v) is 10.3. The van der Waals surface area contributed by atoms with Crippen LogP contribution in [0.25, 0.3) is 0 Å². The number of rotatable bonds is 5. The molecule has 0 saturated carbocycles. The first-order valence-electron chi connectivity index (χ1n) is 6.23. The molecule has 1 atom stereocenters. The van der Waals surface area contributed by atoms with Gasteiger partial charge in [-0.25, -0.2) is 4.79 Å². The lowest BCUT2D eigenvalue weighted by Gasteiger charge is -2.26. The zero-order chi connectivity index (χ0) is 12.8. The van der Waals surface area contributed by atoms with E-state index >= 15 is 0 Å². The molecule has 5 nitrogen and oxygen atoms in total. The highest BCUT2D eigenvalue weighted by Gasteiger charge is 2.20. The molecule has 0 aliphatic carbocycles. The van der Waals surface area contributed by atoms with Crippen LogP contribution in [0.5, 0.6) is 5.75 Å². The molecule has 1 aromatic rings. The number of fused-ring (bicyclic) bond motifs is 1. The fraction of sp³-hybridized carbons (Fsp3) is 0.462. The van der Waals surface area contributed by atoms with E-state index in [0.717, 1.165) is 31.9 Å². The van der Waals surface area contributed by atoms with Gasteiger partial charge in [0.1, 0.15) is 5.75 Å². The summed E-state index contributed by atoms with van der Waals surface area (Å²) in [5, 5.41) is 5.88. The first-order chi connectivity index (χ1) is 8.77. The van der Waals surface area contributed by atoms with E-state index in [1.807, 2.05) is 18.2 Å². The zero-order valence-electron chi connectivity index (χ0n) is 10.3. The maximum atomic E-state index is 10.5. The lowest BCUT2D eigenvalue weighted by molar-refractivity contribution is 0.248. The number of nitrogens with two attached hydrogens (primary N) is 1. The van der Waals surface area contributed by atoms with Crippen molar-refractivity contribution >= 4 is 6.03 Å². The molecule has 4 N–H and O–H groups in total. The van der Waals surface area contributed by atoms with Crippen molar-refractivity contribution in [3.63, 3.8) is 0 Å². The second kappa shape index (κ2) is 6.26. The smallest absolute Gasteiger partial charge is 0.312 e. The molecule has 98 valence electrons. The molecule has 1 aliphatic heterocycles. The molecule has 1 heterocycles. The molecular formula is C13H19N3O2. The van der Waals surface area contributed by atoms with E-state index in [4.69, 9.17) is 10.5 Å². The van der Waals surface area contributed by atoms with Gasteiger partial charge in [0, 0.05) is 25.6 Å². The predicted molar refractivity (Wildman–Crippen MR) is 69.8 cm³/mol.